The van der Waals surface area contributed by atoms with Crippen molar-refractivity contribution < 1.29 is 23.7 Å². The van der Waals surface area contributed by atoms with Gasteiger partial charge in [0.25, 0.3) is 0 Å². The summed E-state index contributed by atoms with van der Waals surface area (Å²) in [4.78, 5) is 12.7. The van der Waals surface area contributed by atoms with Gasteiger partial charge in [-0.05, 0) is 56.7 Å². The topological polar surface area (TPSA) is 66.0 Å². The van der Waals surface area contributed by atoms with Gasteiger partial charge in [0.2, 0.25) is 5.75 Å². The summed E-state index contributed by atoms with van der Waals surface area (Å²) in [5.74, 6) is 1.16. The minimum absolute atomic E-state index is 0.120. The van der Waals surface area contributed by atoms with E-state index in [-0.39, 0.29) is 5.54 Å². The molecule has 2 aromatic carbocycles. The van der Waals surface area contributed by atoms with Crippen molar-refractivity contribution in [2.45, 2.75) is 26.3 Å². The Balaban J connectivity index is 1.89. The van der Waals surface area contributed by atoms with Crippen LogP contribution in [0.3, 0.4) is 0 Å². The number of allylic oxidation sites excluding steroid dienone is 1. The largest absolute Gasteiger partial charge is 0.493 e. The zero-order valence-corrected chi connectivity index (χ0v) is 17.0. The number of carbonyl (C=O) groups is 1. The first kappa shape index (κ1) is 19.6. The zero-order valence-electron chi connectivity index (χ0n) is 17.0. The first-order chi connectivity index (χ1) is 13.3. The van der Waals surface area contributed by atoms with Crippen LogP contribution in [0.25, 0.3) is 5.57 Å². The van der Waals surface area contributed by atoms with Gasteiger partial charge >= 0.3 is 5.97 Å². The lowest BCUT2D eigenvalue weighted by Gasteiger charge is -2.31. The molecule has 0 unspecified atom stereocenters. The van der Waals surface area contributed by atoms with Crippen LogP contribution in [0.4, 0.5) is 5.69 Å². The molecule has 0 bridgehead atoms. The van der Waals surface area contributed by atoms with Gasteiger partial charge in [0.15, 0.2) is 11.5 Å². The highest BCUT2D eigenvalue weighted by Crippen LogP contribution is 2.39. The van der Waals surface area contributed by atoms with Gasteiger partial charge in [0.1, 0.15) is 5.75 Å². The van der Waals surface area contributed by atoms with E-state index in [0.29, 0.717) is 28.6 Å². The maximum Gasteiger partial charge on any atom is 0.343 e. The molecule has 6 heteroatoms. The molecule has 1 heterocycles. The maximum absolute atomic E-state index is 12.7. The smallest absolute Gasteiger partial charge is 0.343 e. The first-order valence-corrected chi connectivity index (χ1v) is 8.92. The highest BCUT2D eigenvalue weighted by Gasteiger charge is 2.23. The molecule has 6 nitrogen and oxygen atoms in total. The van der Waals surface area contributed by atoms with Gasteiger partial charge < -0.3 is 24.3 Å². The average Bonchev–Trinajstić information content (AvgIpc) is 2.66. The monoisotopic (exact) mass is 383 g/mol. The SMILES string of the molecule is COc1cc(C(=O)Oc2ccc3c(c2)C(C)=CC(C)(C)N3)cc(OC)c1OC. The molecule has 0 radical (unpaired) electrons. The number of carbonyl (C=O) groups excluding carboxylic acids is 1. The number of anilines is 1. The van der Waals surface area contributed by atoms with E-state index in [2.05, 4.69) is 25.2 Å². The number of esters is 1. The fraction of sp³-hybridized carbons (Fsp3) is 0.318. The van der Waals surface area contributed by atoms with Gasteiger partial charge in [-0.3, -0.25) is 0 Å². The molecular formula is C22H25NO5. The summed E-state index contributed by atoms with van der Waals surface area (Å²) in [5, 5.41) is 3.46. The van der Waals surface area contributed by atoms with Crippen molar-refractivity contribution in [2.24, 2.45) is 0 Å². The Hall–Kier alpha value is -3.15. The Morgan fingerprint density at radius 3 is 2.18 bits per heavy atom. The molecule has 1 aliphatic rings. The third-order valence-electron chi connectivity index (χ3n) is 4.56. The summed E-state index contributed by atoms with van der Waals surface area (Å²) in [6, 6.07) is 8.69. The number of benzene rings is 2. The molecule has 0 amide bonds. The highest BCUT2D eigenvalue weighted by molar-refractivity contribution is 5.93. The number of hydrogen-bond acceptors (Lipinski definition) is 6. The van der Waals surface area contributed by atoms with Crippen LogP contribution in [0, 0.1) is 0 Å². The molecule has 0 aromatic heterocycles. The van der Waals surface area contributed by atoms with Crippen LogP contribution in [0.2, 0.25) is 0 Å². The van der Waals surface area contributed by atoms with Crippen molar-refractivity contribution in [1.82, 2.24) is 0 Å². The lowest BCUT2D eigenvalue weighted by molar-refractivity contribution is 0.0734. The van der Waals surface area contributed by atoms with Crippen LogP contribution in [-0.2, 0) is 0 Å². The standard InChI is InChI=1S/C22H25NO5/c1-13-12-22(2,3)23-17-8-7-15(11-16(13)17)28-21(24)14-9-18(25-4)20(27-6)19(10-14)26-5/h7-12,23H,1-6H3. The van der Waals surface area contributed by atoms with Gasteiger partial charge in [0, 0.05) is 11.3 Å². The predicted molar refractivity (Wildman–Crippen MR) is 109 cm³/mol. The highest BCUT2D eigenvalue weighted by atomic mass is 16.5. The fourth-order valence-corrected chi connectivity index (χ4v) is 3.39. The minimum atomic E-state index is -0.509. The van der Waals surface area contributed by atoms with Crippen molar-refractivity contribution in [3.63, 3.8) is 0 Å². The first-order valence-electron chi connectivity index (χ1n) is 8.92. The van der Waals surface area contributed by atoms with Crippen molar-refractivity contribution in [3.05, 3.63) is 47.5 Å². The van der Waals surface area contributed by atoms with E-state index in [1.165, 1.54) is 21.3 Å². The maximum atomic E-state index is 12.7. The third-order valence-corrected chi connectivity index (χ3v) is 4.56. The van der Waals surface area contributed by atoms with Crippen molar-refractivity contribution in [2.75, 3.05) is 26.6 Å². The fourth-order valence-electron chi connectivity index (χ4n) is 3.39. The van der Waals surface area contributed by atoms with Gasteiger partial charge in [-0.1, -0.05) is 6.08 Å². The molecule has 0 aliphatic carbocycles. The molecule has 0 atom stereocenters. The van der Waals surface area contributed by atoms with E-state index in [9.17, 15) is 4.79 Å². The molecule has 0 saturated heterocycles. The van der Waals surface area contributed by atoms with E-state index in [4.69, 9.17) is 18.9 Å². The quantitative estimate of drug-likeness (QED) is 0.604. The Kier molecular flexibility index (Phi) is 5.23. The lowest BCUT2D eigenvalue weighted by Crippen LogP contribution is -2.31. The molecule has 0 spiro atoms. The average molecular weight is 383 g/mol. The van der Waals surface area contributed by atoms with Crippen LogP contribution < -0.4 is 24.3 Å². The molecule has 2 aromatic rings. The van der Waals surface area contributed by atoms with Crippen LogP contribution >= 0.6 is 0 Å². The number of nitrogens with one attached hydrogen (secondary N) is 1. The molecule has 1 N–H and O–H groups in total. The molecule has 28 heavy (non-hydrogen) atoms. The van der Waals surface area contributed by atoms with Crippen LogP contribution in [0.1, 0.15) is 36.7 Å². The second-order valence-corrected chi connectivity index (χ2v) is 7.18. The van der Waals surface area contributed by atoms with Crippen molar-refractivity contribution >= 4 is 17.2 Å². The Bertz CT molecular complexity index is 921. The molecular weight excluding hydrogens is 358 g/mol. The van der Waals surface area contributed by atoms with Crippen molar-refractivity contribution in [3.8, 4) is 23.0 Å². The van der Waals surface area contributed by atoms with Gasteiger partial charge in [-0.2, -0.15) is 0 Å². The second kappa shape index (κ2) is 7.46. The van der Waals surface area contributed by atoms with Gasteiger partial charge in [0.05, 0.1) is 32.4 Å². The Morgan fingerprint density at radius 1 is 0.964 bits per heavy atom. The van der Waals surface area contributed by atoms with Gasteiger partial charge in [-0.25, -0.2) is 4.79 Å². The second-order valence-electron chi connectivity index (χ2n) is 7.18. The Labute approximate surface area is 165 Å². The molecule has 1 aliphatic heterocycles. The summed E-state index contributed by atoms with van der Waals surface area (Å²) < 4.78 is 21.5. The number of fused-ring (bicyclic) bond motifs is 1. The summed E-state index contributed by atoms with van der Waals surface area (Å²) in [5.41, 5.74) is 3.33. The van der Waals surface area contributed by atoms with Gasteiger partial charge in [-0.15, -0.1) is 0 Å². The minimum Gasteiger partial charge on any atom is -0.493 e. The van der Waals surface area contributed by atoms with E-state index in [1.54, 1.807) is 18.2 Å². The molecule has 148 valence electrons. The van der Waals surface area contributed by atoms with E-state index < -0.39 is 5.97 Å². The van der Waals surface area contributed by atoms with Crippen LogP contribution in [0.15, 0.2) is 36.4 Å². The Morgan fingerprint density at radius 2 is 1.61 bits per heavy atom. The van der Waals surface area contributed by atoms with E-state index in [0.717, 1.165) is 16.8 Å². The number of methoxy groups -OCH3 is 3. The summed E-state index contributed by atoms with van der Waals surface area (Å²) >= 11 is 0. The predicted octanol–water partition coefficient (Wildman–Crippen LogP) is 4.54. The van der Waals surface area contributed by atoms with E-state index in [1.807, 2.05) is 19.1 Å². The van der Waals surface area contributed by atoms with Crippen LogP contribution in [-0.4, -0.2) is 32.8 Å². The van der Waals surface area contributed by atoms with Crippen LogP contribution in [0.5, 0.6) is 23.0 Å². The van der Waals surface area contributed by atoms with Crippen molar-refractivity contribution in [1.29, 1.82) is 0 Å². The summed E-state index contributed by atoms with van der Waals surface area (Å²) in [6.45, 7) is 6.27. The summed E-state index contributed by atoms with van der Waals surface area (Å²) in [7, 11) is 4.51. The number of ether oxygens (including phenoxy) is 4. The number of rotatable bonds is 5. The number of hydrogen-bond donors (Lipinski definition) is 1. The lowest BCUT2D eigenvalue weighted by atomic mass is 9.91. The molecule has 0 saturated carbocycles. The molecule has 3 rings (SSSR count). The third kappa shape index (κ3) is 3.76. The van der Waals surface area contributed by atoms with E-state index >= 15 is 0 Å². The normalized spacial score (nSPS) is 14.3. The molecule has 0 fully saturated rings. The zero-order chi connectivity index (χ0) is 20.5. The summed E-state index contributed by atoms with van der Waals surface area (Å²) in [6.07, 6.45) is 2.15.